The molecule has 19 heavy (non-hydrogen) atoms. The fraction of sp³-hybridized carbons (Fsp3) is 0.133. The summed E-state index contributed by atoms with van der Waals surface area (Å²) in [6.07, 6.45) is 0. The summed E-state index contributed by atoms with van der Waals surface area (Å²) >= 11 is 3.24. The normalized spacial score (nSPS) is 13.7. The van der Waals surface area contributed by atoms with E-state index < -0.39 is 5.97 Å². The van der Waals surface area contributed by atoms with Crippen LogP contribution in [0.5, 0.6) is 0 Å². The molecule has 0 aromatic heterocycles. The lowest BCUT2D eigenvalue weighted by Gasteiger charge is -2.26. The van der Waals surface area contributed by atoms with E-state index in [2.05, 4.69) is 24.3 Å². The maximum atomic E-state index is 10.8. The van der Waals surface area contributed by atoms with Crippen LogP contribution in [0.1, 0.15) is 16.4 Å². The van der Waals surface area contributed by atoms with Crippen LogP contribution in [0.4, 0.5) is 0 Å². The lowest BCUT2D eigenvalue weighted by atomic mass is 10.0. The van der Waals surface area contributed by atoms with E-state index in [1.165, 1.54) is 32.7 Å². The summed E-state index contributed by atoms with van der Waals surface area (Å²) in [4.78, 5) is 13.3. The number of benzene rings is 2. The maximum Gasteiger partial charge on any atom is 0.313 e. The Morgan fingerprint density at radius 3 is 2.11 bits per heavy atom. The Bertz CT molecular complexity index is 580. The topological polar surface area (TPSA) is 37.3 Å². The van der Waals surface area contributed by atoms with Crippen molar-refractivity contribution in [2.45, 2.75) is 15.0 Å². The third-order valence-corrected chi connectivity index (χ3v) is 5.43. The smallest absolute Gasteiger partial charge is 0.313 e. The molecule has 1 heterocycles. The second-order valence-corrected chi connectivity index (χ2v) is 6.44. The van der Waals surface area contributed by atoms with Gasteiger partial charge < -0.3 is 5.11 Å². The summed E-state index contributed by atoms with van der Waals surface area (Å²) in [5.74, 6) is -0.643. The molecule has 0 bridgehead atoms. The highest BCUT2D eigenvalue weighted by molar-refractivity contribution is 8.01. The molecule has 1 aliphatic rings. The number of aliphatic carboxylic acids is 1. The fourth-order valence-electron chi connectivity index (χ4n) is 2.20. The van der Waals surface area contributed by atoms with Gasteiger partial charge in [0.05, 0.1) is 11.0 Å². The Morgan fingerprint density at radius 2 is 1.58 bits per heavy atom. The van der Waals surface area contributed by atoms with Crippen molar-refractivity contribution in [3.8, 4) is 0 Å². The van der Waals surface area contributed by atoms with Gasteiger partial charge in [-0.15, -0.1) is 11.8 Å². The van der Waals surface area contributed by atoms with Crippen LogP contribution in [0.15, 0.2) is 58.3 Å². The summed E-state index contributed by atoms with van der Waals surface area (Å²) < 4.78 is 0. The van der Waals surface area contributed by atoms with Crippen molar-refractivity contribution in [2.24, 2.45) is 0 Å². The molecule has 2 aromatic carbocycles. The van der Waals surface area contributed by atoms with Gasteiger partial charge in [-0.25, -0.2) is 0 Å². The molecule has 1 N–H and O–H groups in total. The largest absolute Gasteiger partial charge is 0.481 e. The van der Waals surface area contributed by atoms with Crippen LogP contribution >= 0.6 is 23.5 Å². The highest BCUT2D eigenvalue weighted by Crippen LogP contribution is 2.49. The van der Waals surface area contributed by atoms with Gasteiger partial charge >= 0.3 is 5.97 Å². The van der Waals surface area contributed by atoms with Gasteiger partial charge in [0.1, 0.15) is 0 Å². The van der Waals surface area contributed by atoms with Crippen LogP contribution in [-0.4, -0.2) is 16.8 Å². The molecular formula is C15H12O2S2. The molecule has 2 aromatic rings. The summed E-state index contributed by atoms with van der Waals surface area (Å²) in [7, 11) is 0. The van der Waals surface area contributed by atoms with Crippen LogP contribution in [0, 0.1) is 0 Å². The van der Waals surface area contributed by atoms with Gasteiger partial charge in [-0.1, -0.05) is 48.2 Å². The number of carboxylic acids is 1. The summed E-state index contributed by atoms with van der Waals surface area (Å²) in [6.45, 7) is 0. The number of rotatable bonds is 3. The van der Waals surface area contributed by atoms with E-state index in [0.29, 0.717) is 0 Å². The maximum absolute atomic E-state index is 10.8. The highest BCUT2D eigenvalue weighted by atomic mass is 32.2. The molecule has 0 aliphatic carbocycles. The molecule has 0 amide bonds. The van der Waals surface area contributed by atoms with Crippen LogP contribution in [-0.2, 0) is 4.79 Å². The van der Waals surface area contributed by atoms with Gasteiger partial charge in [0, 0.05) is 9.79 Å². The van der Waals surface area contributed by atoms with E-state index in [4.69, 9.17) is 5.11 Å². The molecule has 0 unspecified atom stereocenters. The van der Waals surface area contributed by atoms with E-state index >= 15 is 0 Å². The molecule has 3 rings (SSSR count). The number of hydrogen-bond acceptors (Lipinski definition) is 3. The van der Waals surface area contributed by atoms with Crippen LogP contribution in [0.25, 0.3) is 0 Å². The zero-order valence-corrected chi connectivity index (χ0v) is 11.7. The zero-order chi connectivity index (χ0) is 13.2. The third-order valence-electron chi connectivity index (χ3n) is 3.00. The Hall–Kier alpha value is -1.39. The van der Waals surface area contributed by atoms with Crippen LogP contribution in [0.3, 0.4) is 0 Å². The zero-order valence-electron chi connectivity index (χ0n) is 10.1. The molecule has 0 saturated heterocycles. The minimum absolute atomic E-state index is 0.116. The number of carbonyl (C=O) groups is 1. The first-order valence-corrected chi connectivity index (χ1v) is 7.81. The van der Waals surface area contributed by atoms with Gasteiger partial charge in [0.2, 0.25) is 0 Å². The molecule has 96 valence electrons. The summed E-state index contributed by atoms with van der Waals surface area (Å²) in [6, 6.07) is 16.5. The molecule has 0 atom stereocenters. The predicted molar refractivity (Wildman–Crippen MR) is 78.9 cm³/mol. The predicted octanol–water partition coefficient (Wildman–Crippen LogP) is 4.06. The molecular weight excluding hydrogens is 276 g/mol. The van der Waals surface area contributed by atoms with E-state index in [1.807, 2.05) is 24.3 Å². The Morgan fingerprint density at radius 1 is 1.05 bits per heavy atom. The minimum Gasteiger partial charge on any atom is -0.481 e. The molecule has 2 nitrogen and oxygen atoms in total. The second kappa shape index (κ2) is 5.31. The standard InChI is InChI=1S/C15H12O2S2/c16-14(17)9-18-15-10-5-1-3-7-12(10)19-13-8-4-2-6-11(13)15/h1-8,15H,9H2,(H,16,17). The molecule has 0 radical (unpaired) electrons. The second-order valence-electron chi connectivity index (χ2n) is 4.26. The van der Waals surface area contributed by atoms with E-state index in [-0.39, 0.29) is 11.0 Å². The van der Waals surface area contributed by atoms with E-state index in [1.54, 1.807) is 11.8 Å². The van der Waals surface area contributed by atoms with Crippen molar-refractivity contribution >= 4 is 29.5 Å². The minimum atomic E-state index is -0.766. The van der Waals surface area contributed by atoms with Gasteiger partial charge in [0.25, 0.3) is 0 Å². The number of carboxylic acid groups (broad SMARTS) is 1. The average Bonchev–Trinajstić information content (AvgIpc) is 2.43. The third kappa shape index (κ3) is 2.51. The van der Waals surface area contributed by atoms with Crippen molar-refractivity contribution in [1.82, 2.24) is 0 Å². The Labute approximate surface area is 120 Å². The molecule has 0 fully saturated rings. The van der Waals surface area contributed by atoms with E-state index in [0.717, 1.165) is 0 Å². The van der Waals surface area contributed by atoms with Crippen molar-refractivity contribution in [1.29, 1.82) is 0 Å². The van der Waals surface area contributed by atoms with Crippen LogP contribution in [0.2, 0.25) is 0 Å². The van der Waals surface area contributed by atoms with Gasteiger partial charge in [0.15, 0.2) is 0 Å². The van der Waals surface area contributed by atoms with Crippen molar-refractivity contribution in [2.75, 3.05) is 5.75 Å². The molecule has 0 saturated carbocycles. The quantitative estimate of drug-likeness (QED) is 0.924. The lowest BCUT2D eigenvalue weighted by Crippen LogP contribution is -2.08. The summed E-state index contributed by atoms with van der Waals surface area (Å²) in [5.41, 5.74) is 2.44. The lowest BCUT2D eigenvalue weighted by molar-refractivity contribution is -0.133. The molecule has 4 heteroatoms. The molecule has 1 aliphatic heterocycles. The number of fused-ring (bicyclic) bond motifs is 2. The van der Waals surface area contributed by atoms with Gasteiger partial charge in [-0.05, 0) is 23.3 Å². The summed E-state index contributed by atoms with van der Waals surface area (Å²) in [5, 5.41) is 9.03. The highest BCUT2D eigenvalue weighted by Gasteiger charge is 2.26. The van der Waals surface area contributed by atoms with Crippen molar-refractivity contribution < 1.29 is 9.90 Å². The van der Waals surface area contributed by atoms with E-state index in [9.17, 15) is 4.79 Å². The monoisotopic (exact) mass is 288 g/mol. The number of thioether (sulfide) groups is 1. The van der Waals surface area contributed by atoms with Gasteiger partial charge in [-0.3, -0.25) is 4.79 Å². The first kappa shape index (κ1) is 12.6. The number of hydrogen-bond donors (Lipinski definition) is 1. The first-order chi connectivity index (χ1) is 9.25. The Kier molecular flexibility index (Phi) is 3.53. The first-order valence-electron chi connectivity index (χ1n) is 5.95. The SMILES string of the molecule is O=C(O)CSC1c2ccccc2Sc2ccccc21. The fourth-order valence-corrected chi connectivity index (χ4v) is 4.57. The van der Waals surface area contributed by atoms with Crippen molar-refractivity contribution in [3.63, 3.8) is 0 Å². The van der Waals surface area contributed by atoms with Crippen LogP contribution < -0.4 is 0 Å². The average molecular weight is 288 g/mol. The van der Waals surface area contributed by atoms with Gasteiger partial charge in [-0.2, -0.15) is 0 Å². The Balaban J connectivity index is 2.03. The van der Waals surface area contributed by atoms with Crippen molar-refractivity contribution in [3.05, 3.63) is 59.7 Å². The molecule has 0 spiro atoms.